The van der Waals surface area contributed by atoms with E-state index in [-0.39, 0.29) is 29.5 Å². The van der Waals surface area contributed by atoms with Crippen LogP contribution in [0.4, 0.5) is 10.2 Å². The first-order valence-corrected chi connectivity index (χ1v) is 12.1. The number of likely N-dealkylation sites (tertiary alicyclic amines) is 1. The molecule has 0 atom stereocenters. The highest BCUT2D eigenvalue weighted by molar-refractivity contribution is 5.81. The number of aryl methyl sites for hydroxylation is 1. The van der Waals surface area contributed by atoms with Gasteiger partial charge in [0, 0.05) is 44.6 Å². The highest BCUT2D eigenvalue weighted by Gasteiger charge is 2.33. The molecule has 35 heavy (non-hydrogen) atoms. The average molecular weight is 481 g/mol. The van der Waals surface area contributed by atoms with Crippen LogP contribution in [0.5, 0.6) is 0 Å². The standard InChI is InChI=1S/C24H29FN8O2/c1-16-2-3-17(14-20(16)25)15-26-23(34)18-6-12-32(13-7-18)24(35)19-8-10-31(11-9-19)22-5-4-21-27-29-30-33(21)28-22/h2-5,14,18-19H,6-13,15H2,1H3,(H,26,34). The number of amides is 2. The Morgan fingerprint density at radius 2 is 1.77 bits per heavy atom. The maximum Gasteiger partial charge on any atom is 0.225 e. The number of carbonyl (C=O) groups excluding carboxylic acids is 2. The predicted molar refractivity (Wildman–Crippen MR) is 126 cm³/mol. The average Bonchev–Trinajstić information content (AvgIpc) is 3.37. The molecule has 10 nitrogen and oxygen atoms in total. The largest absolute Gasteiger partial charge is 0.355 e. The molecule has 2 aliphatic heterocycles. The van der Waals surface area contributed by atoms with Crippen molar-refractivity contribution in [1.29, 1.82) is 0 Å². The lowest BCUT2D eigenvalue weighted by atomic mass is 9.91. The molecule has 2 fully saturated rings. The third-order valence-electron chi connectivity index (χ3n) is 7.10. The van der Waals surface area contributed by atoms with Crippen LogP contribution in [0.3, 0.4) is 0 Å². The molecule has 0 saturated carbocycles. The minimum atomic E-state index is -0.265. The molecule has 0 aliphatic carbocycles. The number of benzene rings is 1. The molecule has 4 heterocycles. The van der Waals surface area contributed by atoms with Crippen molar-refractivity contribution in [1.82, 2.24) is 35.5 Å². The summed E-state index contributed by atoms with van der Waals surface area (Å²) >= 11 is 0. The summed E-state index contributed by atoms with van der Waals surface area (Å²) in [5, 5.41) is 18.7. The molecule has 2 saturated heterocycles. The van der Waals surface area contributed by atoms with Gasteiger partial charge < -0.3 is 15.1 Å². The summed E-state index contributed by atoms with van der Waals surface area (Å²) < 4.78 is 15.1. The molecule has 1 N–H and O–H groups in total. The Morgan fingerprint density at radius 3 is 2.51 bits per heavy atom. The second-order valence-electron chi connectivity index (χ2n) is 9.38. The number of halogens is 1. The quantitative estimate of drug-likeness (QED) is 0.593. The number of tetrazole rings is 1. The minimum Gasteiger partial charge on any atom is -0.355 e. The maximum atomic E-state index is 13.7. The molecule has 3 aromatic rings. The number of aromatic nitrogens is 5. The normalized spacial score (nSPS) is 17.7. The summed E-state index contributed by atoms with van der Waals surface area (Å²) in [5.74, 6) is 0.560. The molecular formula is C24H29FN8O2. The van der Waals surface area contributed by atoms with Gasteiger partial charge in [0.1, 0.15) is 5.82 Å². The first-order valence-electron chi connectivity index (χ1n) is 12.1. The zero-order valence-electron chi connectivity index (χ0n) is 19.7. The monoisotopic (exact) mass is 480 g/mol. The van der Waals surface area contributed by atoms with Crippen molar-refractivity contribution in [2.45, 2.75) is 39.2 Å². The molecule has 1 aromatic carbocycles. The number of piperidine rings is 2. The molecule has 11 heteroatoms. The highest BCUT2D eigenvalue weighted by atomic mass is 19.1. The van der Waals surface area contributed by atoms with Crippen LogP contribution < -0.4 is 10.2 Å². The van der Waals surface area contributed by atoms with E-state index in [1.165, 1.54) is 10.7 Å². The van der Waals surface area contributed by atoms with Crippen molar-refractivity contribution in [3.63, 3.8) is 0 Å². The van der Waals surface area contributed by atoms with E-state index in [0.717, 1.165) is 37.3 Å². The molecule has 5 rings (SSSR count). The van der Waals surface area contributed by atoms with Gasteiger partial charge in [-0.3, -0.25) is 9.59 Å². The summed E-state index contributed by atoms with van der Waals surface area (Å²) in [6.07, 6.45) is 2.83. The third kappa shape index (κ3) is 5.08. The second kappa shape index (κ2) is 9.93. The van der Waals surface area contributed by atoms with Crippen LogP contribution in [0.1, 0.15) is 36.8 Å². The van der Waals surface area contributed by atoms with E-state index >= 15 is 0 Å². The van der Waals surface area contributed by atoms with Gasteiger partial charge in [-0.2, -0.15) is 0 Å². The minimum absolute atomic E-state index is 0.00942. The van der Waals surface area contributed by atoms with Crippen LogP contribution in [0.25, 0.3) is 5.65 Å². The fourth-order valence-corrected chi connectivity index (χ4v) is 4.86. The van der Waals surface area contributed by atoms with Crippen molar-refractivity contribution < 1.29 is 14.0 Å². The lowest BCUT2D eigenvalue weighted by Crippen LogP contribution is -2.47. The van der Waals surface area contributed by atoms with E-state index in [1.54, 1.807) is 13.0 Å². The van der Waals surface area contributed by atoms with Gasteiger partial charge in [-0.15, -0.1) is 14.8 Å². The summed E-state index contributed by atoms with van der Waals surface area (Å²) in [4.78, 5) is 29.8. The van der Waals surface area contributed by atoms with Crippen molar-refractivity contribution in [3.8, 4) is 0 Å². The number of anilines is 1. The molecule has 0 spiro atoms. The number of rotatable bonds is 5. The number of carbonyl (C=O) groups is 2. The summed E-state index contributed by atoms with van der Waals surface area (Å²) in [6, 6.07) is 8.74. The summed E-state index contributed by atoms with van der Waals surface area (Å²) in [6.45, 7) is 4.69. The van der Waals surface area contributed by atoms with Crippen molar-refractivity contribution in [2.75, 3.05) is 31.1 Å². The van der Waals surface area contributed by atoms with Gasteiger partial charge in [0.25, 0.3) is 0 Å². The number of nitrogens with zero attached hydrogens (tertiary/aromatic N) is 7. The second-order valence-corrected chi connectivity index (χ2v) is 9.38. The number of fused-ring (bicyclic) bond motifs is 1. The van der Waals surface area contributed by atoms with Crippen LogP contribution in [0.2, 0.25) is 0 Å². The van der Waals surface area contributed by atoms with E-state index < -0.39 is 0 Å². The van der Waals surface area contributed by atoms with Gasteiger partial charge in [0.2, 0.25) is 11.8 Å². The molecule has 2 amide bonds. The van der Waals surface area contributed by atoms with Gasteiger partial charge in [0.05, 0.1) is 0 Å². The molecular weight excluding hydrogens is 451 g/mol. The Balaban J connectivity index is 1.07. The lowest BCUT2D eigenvalue weighted by Gasteiger charge is -2.37. The Labute approximate surface area is 202 Å². The molecule has 0 radical (unpaired) electrons. The van der Waals surface area contributed by atoms with Gasteiger partial charge >= 0.3 is 0 Å². The Bertz CT molecular complexity index is 1220. The van der Waals surface area contributed by atoms with Gasteiger partial charge in [0.15, 0.2) is 11.5 Å². The van der Waals surface area contributed by atoms with Crippen LogP contribution in [-0.4, -0.2) is 68.1 Å². The van der Waals surface area contributed by atoms with Gasteiger partial charge in [-0.25, -0.2) is 4.39 Å². The van der Waals surface area contributed by atoms with Crippen LogP contribution >= 0.6 is 0 Å². The third-order valence-corrected chi connectivity index (χ3v) is 7.10. The van der Waals surface area contributed by atoms with E-state index in [0.29, 0.717) is 43.7 Å². The Morgan fingerprint density at radius 1 is 1.03 bits per heavy atom. The number of nitrogens with one attached hydrogen (secondary N) is 1. The zero-order chi connectivity index (χ0) is 24.4. The van der Waals surface area contributed by atoms with E-state index in [1.807, 2.05) is 23.1 Å². The van der Waals surface area contributed by atoms with Gasteiger partial charge in [-0.05, 0) is 72.4 Å². The first kappa shape index (κ1) is 23.1. The maximum absolute atomic E-state index is 13.7. The molecule has 2 aliphatic rings. The summed E-state index contributed by atoms with van der Waals surface area (Å²) in [5.41, 5.74) is 1.93. The SMILES string of the molecule is Cc1ccc(CNC(=O)C2CCN(C(=O)C3CCN(c4ccc5nnnn5n4)CC3)CC2)cc1F. The molecule has 2 aromatic heterocycles. The van der Waals surface area contributed by atoms with Crippen LogP contribution in [0.15, 0.2) is 30.3 Å². The topological polar surface area (TPSA) is 109 Å². The molecule has 0 bridgehead atoms. The smallest absolute Gasteiger partial charge is 0.225 e. The number of hydrogen-bond acceptors (Lipinski definition) is 7. The Kier molecular flexibility index (Phi) is 6.56. The van der Waals surface area contributed by atoms with E-state index in [2.05, 4.69) is 30.8 Å². The Hall–Kier alpha value is -3.63. The molecule has 184 valence electrons. The number of hydrogen-bond donors (Lipinski definition) is 1. The lowest BCUT2D eigenvalue weighted by molar-refractivity contribution is -0.139. The highest BCUT2D eigenvalue weighted by Crippen LogP contribution is 2.26. The fraction of sp³-hybridized carbons (Fsp3) is 0.500. The van der Waals surface area contributed by atoms with E-state index in [4.69, 9.17) is 0 Å². The van der Waals surface area contributed by atoms with Gasteiger partial charge in [-0.1, -0.05) is 12.1 Å². The summed E-state index contributed by atoms with van der Waals surface area (Å²) in [7, 11) is 0. The van der Waals surface area contributed by atoms with Crippen molar-refractivity contribution >= 4 is 23.3 Å². The van der Waals surface area contributed by atoms with Crippen molar-refractivity contribution in [3.05, 3.63) is 47.3 Å². The van der Waals surface area contributed by atoms with E-state index in [9.17, 15) is 14.0 Å². The predicted octanol–water partition coefficient (Wildman–Crippen LogP) is 1.74. The molecule has 0 unspecified atom stereocenters. The van der Waals surface area contributed by atoms with Crippen LogP contribution in [0, 0.1) is 24.6 Å². The van der Waals surface area contributed by atoms with Crippen LogP contribution in [-0.2, 0) is 16.1 Å². The first-order chi connectivity index (χ1) is 17.0. The fourth-order valence-electron chi connectivity index (χ4n) is 4.86. The zero-order valence-corrected chi connectivity index (χ0v) is 19.7. The van der Waals surface area contributed by atoms with Crippen molar-refractivity contribution in [2.24, 2.45) is 11.8 Å².